The smallest absolute Gasteiger partial charge is 0.254 e. The van der Waals surface area contributed by atoms with E-state index in [0.717, 1.165) is 41.7 Å². The van der Waals surface area contributed by atoms with E-state index in [1.165, 1.54) is 0 Å². The van der Waals surface area contributed by atoms with E-state index < -0.39 is 0 Å². The number of hydrogen-bond acceptors (Lipinski definition) is 2. The summed E-state index contributed by atoms with van der Waals surface area (Å²) >= 11 is 2.23. The van der Waals surface area contributed by atoms with Crippen LogP contribution in [0.1, 0.15) is 16.8 Å². The van der Waals surface area contributed by atoms with E-state index in [2.05, 4.69) is 34.5 Å². The number of nitrogens with zero attached hydrogens (tertiary/aromatic N) is 2. The van der Waals surface area contributed by atoms with Crippen molar-refractivity contribution in [1.29, 1.82) is 0 Å². The Balaban J connectivity index is 2.12. The van der Waals surface area contributed by atoms with Gasteiger partial charge in [-0.3, -0.25) is 4.79 Å². The number of hydrogen-bond donors (Lipinski definition) is 0. The minimum atomic E-state index is 0.172. The summed E-state index contributed by atoms with van der Waals surface area (Å²) in [6.07, 6.45) is 1.06. The first-order valence-corrected chi connectivity index (χ1v) is 6.98. The molecule has 0 aromatic heterocycles. The van der Waals surface area contributed by atoms with Crippen LogP contribution < -0.4 is 0 Å². The molecule has 1 heterocycles. The Labute approximate surface area is 116 Å². The predicted molar refractivity (Wildman–Crippen MR) is 77.2 cm³/mol. The van der Waals surface area contributed by atoms with Gasteiger partial charge in [0.25, 0.3) is 5.91 Å². The monoisotopic (exact) mass is 344 g/mol. The van der Waals surface area contributed by atoms with Gasteiger partial charge in [-0.05, 0) is 54.7 Å². The van der Waals surface area contributed by atoms with E-state index in [-0.39, 0.29) is 5.91 Å². The molecule has 0 spiro atoms. The molecule has 4 heteroatoms. The molecular formula is C13H17IN2O. The summed E-state index contributed by atoms with van der Waals surface area (Å²) in [7, 11) is 2.11. The first kappa shape index (κ1) is 12.8. The molecule has 3 nitrogen and oxygen atoms in total. The van der Waals surface area contributed by atoms with Crippen molar-refractivity contribution in [2.75, 3.05) is 33.2 Å². The number of amides is 1. The molecule has 1 saturated heterocycles. The minimum Gasteiger partial charge on any atom is -0.337 e. The Morgan fingerprint density at radius 2 is 1.94 bits per heavy atom. The summed E-state index contributed by atoms with van der Waals surface area (Å²) in [6.45, 7) is 3.75. The van der Waals surface area contributed by atoms with Crippen LogP contribution in [0, 0.1) is 3.57 Å². The highest BCUT2D eigenvalue weighted by Gasteiger charge is 2.20. The van der Waals surface area contributed by atoms with Gasteiger partial charge in [-0.2, -0.15) is 0 Å². The Bertz CT molecular complexity index is 408. The maximum absolute atomic E-state index is 12.4. The third kappa shape index (κ3) is 3.19. The number of likely N-dealkylation sites (N-methyl/N-ethyl adjacent to an activating group) is 1. The highest BCUT2D eigenvalue weighted by Crippen LogP contribution is 2.15. The summed E-state index contributed by atoms with van der Waals surface area (Å²) in [5, 5.41) is 0. The van der Waals surface area contributed by atoms with Crippen molar-refractivity contribution >= 4 is 28.5 Å². The third-order valence-electron chi connectivity index (χ3n) is 3.11. The van der Waals surface area contributed by atoms with Gasteiger partial charge in [-0.25, -0.2) is 0 Å². The van der Waals surface area contributed by atoms with Crippen molar-refractivity contribution in [1.82, 2.24) is 9.80 Å². The second-order valence-electron chi connectivity index (χ2n) is 4.43. The van der Waals surface area contributed by atoms with E-state index in [9.17, 15) is 4.79 Å². The lowest BCUT2D eigenvalue weighted by Crippen LogP contribution is -2.34. The molecule has 2 rings (SSSR count). The highest BCUT2D eigenvalue weighted by molar-refractivity contribution is 14.1. The van der Waals surface area contributed by atoms with Crippen molar-refractivity contribution < 1.29 is 4.79 Å². The van der Waals surface area contributed by atoms with Crippen LogP contribution in [0.25, 0.3) is 0 Å². The normalized spacial score (nSPS) is 17.9. The van der Waals surface area contributed by atoms with Crippen molar-refractivity contribution in [3.8, 4) is 0 Å². The van der Waals surface area contributed by atoms with Gasteiger partial charge >= 0.3 is 0 Å². The van der Waals surface area contributed by atoms with Crippen LogP contribution in [0.5, 0.6) is 0 Å². The molecule has 0 saturated carbocycles. The third-order valence-corrected chi connectivity index (χ3v) is 4.05. The molecule has 1 aromatic carbocycles. The van der Waals surface area contributed by atoms with Crippen LogP contribution in [-0.2, 0) is 0 Å². The quantitative estimate of drug-likeness (QED) is 0.729. The van der Waals surface area contributed by atoms with E-state index in [1.807, 2.05) is 29.2 Å². The molecule has 1 aromatic rings. The van der Waals surface area contributed by atoms with Crippen LogP contribution in [0.2, 0.25) is 0 Å². The zero-order valence-electron chi connectivity index (χ0n) is 10.0. The Morgan fingerprint density at radius 3 is 2.71 bits per heavy atom. The zero-order valence-corrected chi connectivity index (χ0v) is 12.2. The van der Waals surface area contributed by atoms with Gasteiger partial charge in [0.15, 0.2) is 0 Å². The van der Waals surface area contributed by atoms with Crippen molar-refractivity contribution in [3.63, 3.8) is 0 Å². The highest BCUT2D eigenvalue weighted by atomic mass is 127. The molecule has 1 aliphatic rings. The van der Waals surface area contributed by atoms with Gasteiger partial charge in [0.1, 0.15) is 0 Å². The van der Waals surface area contributed by atoms with E-state index >= 15 is 0 Å². The van der Waals surface area contributed by atoms with Gasteiger partial charge in [0.05, 0.1) is 5.56 Å². The van der Waals surface area contributed by atoms with Crippen LogP contribution >= 0.6 is 22.6 Å². The van der Waals surface area contributed by atoms with Gasteiger partial charge in [0.2, 0.25) is 0 Å². The SMILES string of the molecule is CN1CCCN(C(=O)c2ccccc2I)CC1. The minimum absolute atomic E-state index is 0.172. The second kappa shape index (κ2) is 5.82. The molecule has 0 N–H and O–H groups in total. The molecule has 1 amide bonds. The largest absolute Gasteiger partial charge is 0.337 e. The molecule has 1 fully saturated rings. The van der Waals surface area contributed by atoms with Gasteiger partial charge in [-0.15, -0.1) is 0 Å². The maximum atomic E-state index is 12.4. The number of halogens is 1. The van der Waals surface area contributed by atoms with Crippen LogP contribution in [0.3, 0.4) is 0 Å². The van der Waals surface area contributed by atoms with Gasteiger partial charge < -0.3 is 9.80 Å². The maximum Gasteiger partial charge on any atom is 0.254 e. The van der Waals surface area contributed by atoms with E-state index in [1.54, 1.807) is 0 Å². The molecule has 0 atom stereocenters. The van der Waals surface area contributed by atoms with Gasteiger partial charge in [-0.1, -0.05) is 12.1 Å². The lowest BCUT2D eigenvalue weighted by atomic mass is 10.2. The average molecular weight is 344 g/mol. The van der Waals surface area contributed by atoms with Crippen LogP contribution in [0.15, 0.2) is 24.3 Å². The fourth-order valence-electron chi connectivity index (χ4n) is 2.05. The number of benzene rings is 1. The molecule has 0 aliphatic carbocycles. The Hall–Kier alpha value is -0.620. The van der Waals surface area contributed by atoms with Gasteiger partial charge in [0, 0.05) is 23.2 Å². The van der Waals surface area contributed by atoms with E-state index in [0.29, 0.717) is 0 Å². The summed E-state index contributed by atoms with van der Waals surface area (Å²) in [4.78, 5) is 16.6. The molecule has 0 bridgehead atoms. The number of rotatable bonds is 1. The van der Waals surface area contributed by atoms with Crippen molar-refractivity contribution in [2.45, 2.75) is 6.42 Å². The second-order valence-corrected chi connectivity index (χ2v) is 5.59. The fourth-order valence-corrected chi connectivity index (χ4v) is 2.67. The zero-order chi connectivity index (χ0) is 12.3. The summed E-state index contributed by atoms with van der Waals surface area (Å²) in [6, 6.07) is 7.80. The topological polar surface area (TPSA) is 23.6 Å². The predicted octanol–water partition coefficient (Wildman–Crippen LogP) is 2.07. The van der Waals surface area contributed by atoms with Crippen LogP contribution in [0.4, 0.5) is 0 Å². The Morgan fingerprint density at radius 1 is 1.18 bits per heavy atom. The summed E-state index contributed by atoms with van der Waals surface area (Å²) < 4.78 is 1.03. The molecular weight excluding hydrogens is 327 g/mol. The fraction of sp³-hybridized carbons (Fsp3) is 0.462. The number of carbonyl (C=O) groups excluding carboxylic acids is 1. The average Bonchev–Trinajstić information content (AvgIpc) is 2.54. The molecule has 0 radical (unpaired) electrons. The first-order chi connectivity index (χ1) is 8.18. The summed E-state index contributed by atoms with van der Waals surface area (Å²) in [5.74, 6) is 0.172. The standard InChI is InChI=1S/C13H17IN2O/c1-15-7-4-8-16(10-9-15)13(17)11-5-2-3-6-12(11)14/h2-3,5-6H,4,7-10H2,1H3. The molecule has 0 unspecified atom stereocenters. The Kier molecular flexibility index (Phi) is 4.39. The molecule has 1 aliphatic heterocycles. The number of carbonyl (C=O) groups is 1. The molecule has 17 heavy (non-hydrogen) atoms. The molecule has 92 valence electrons. The van der Waals surface area contributed by atoms with Crippen LogP contribution in [-0.4, -0.2) is 48.9 Å². The van der Waals surface area contributed by atoms with Crippen molar-refractivity contribution in [3.05, 3.63) is 33.4 Å². The lowest BCUT2D eigenvalue weighted by Gasteiger charge is -2.21. The van der Waals surface area contributed by atoms with Crippen molar-refractivity contribution in [2.24, 2.45) is 0 Å². The summed E-state index contributed by atoms with van der Waals surface area (Å²) in [5.41, 5.74) is 0.831. The first-order valence-electron chi connectivity index (χ1n) is 5.91. The van der Waals surface area contributed by atoms with E-state index in [4.69, 9.17) is 0 Å². The lowest BCUT2D eigenvalue weighted by molar-refractivity contribution is 0.0762.